The minimum Gasteiger partial charge on any atom is -0.310 e. The van der Waals surface area contributed by atoms with Gasteiger partial charge in [0.1, 0.15) is 0 Å². The van der Waals surface area contributed by atoms with E-state index in [1.54, 1.807) is 0 Å². The summed E-state index contributed by atoms with van der Waals surface area (Å²) in [5.41, 5.74) is 9.74. The molecular weight excluding hydrogens is 647 g/mol. The predicted octanol–water partition coefficient (Wildman–Crippen LogP) is 12.3. The van der Waals surface area contributed by atoms with Gasteiger partial charge in [-0.2, -0.15) is 0 Å². The number of aromatic nitrogens is 4. The standard InChI is InChI=1S/C48H33N5/c1-3-15-35(16-4-1)47-49-50-48(53(47)37-18-5-2-6-19-37)36-26-28-38(29-27-36)51(44-25-13-17-34-14-7-8-20-41(34)44)39-30-32-40(33-31-39)52-45-23-11-9-21-42(45)43-22-10-12-24-46(43)52/h1-33H. The molecule has 10 aromatic rings. The summed E-state index contributed by atoms with van der Waals surface area (Å²) in [7, 11) is 0. The summed E-state index contributed by atoms with van der Waals surface area (Å²) in [5.74, 6) is 1.59. The third kappa shape index (κ3) is 5.26. The first-order chi connectivity index (χ1) is 26.3. The van der Waals surface area contributed by atoms with Crippen molar-refractivity contribution in [3.05, 3.63) is 200 Å². The summed E-state index contributed by atoms with van der Waals surface area (Å²) in [5, 5.41) is 14.3. The number of hydrogen-bond donors (Lipinski definition) is 0. The minimum absolute atomic E-state index is 0.786. The lowest BCUT2D eigenvalue weighted by atomic mass is 10.1. The molecule has 0 bridgehead atoms. The van der Waals surface area contributed by atoms with Gasteiger partial charge in [-0.15, -0.1) is 10.2 Å². The normalized spacial score (nSPS) is 11.4. The molecule has 250 valence electrons. The van der Waals surface area contributed by atoms with E-state index in [9.17, 15) is 0 Å². The highest BCUT2D eigenvalue weighted by molar-refractivity contribution is 6.09. The van der Waals surface area contributed by atoms with Crippen LogP contribution in [0.15, 0.2) is 200 Å². The van der Waals surface area contributed by atoms with Crippen LogP contribution < -0.4 is 4.90 Å². The van der Waals surface area contributed by atoms with Gasteiger partial charge in [-0.05, 0) is 84.2 Å². The van der Waals surface area contributed by atoms with E-state index in [0.717, 1.165) is 51.2 Å². The Labute approximate surface area is 307 Å². The lowest BCUT2D eigenvalue weighted by Gasteiger charge is -2.27. The van der Waals surface area contributed by atoms with Gasteiger partial charge in [0.05, 0.1) is 16.7 Å². The first-order valence-corrected chi connectivity index (χ1v) is 17.8. The summed E-state index contributed by atoms with van der Waals surface area (Å²) in [6.45, 7) is 0. The topological polar surface area (TPSA) is 38.9 Å². The molecule has 2 aromatic heterocycles. The van der Waals surface area contributed by atoms with Crippen molar-refractivity contribution < 1.29 is 0 Å². The molecule has 0 atom stereocenters. The van der Waals surface area contributed by atoms with Crippen molar-refractivity contribution in [2.75, 3.05) is 4.90 Å². The molecular formula is C48H33N5. The third-order valence-corrected chi connectivity index (χ3v) is 10.0. The van der Waals surface area contributed by atoms with Crippen molar-refractivity contribution in [2.45, 2.75) is 0 Å². The fourth-order valence-electron chi connectivity index (χ4n) is 7.61. The number of anilines is 3. The molecule has 53 heavy (non-hydrogen) atoms. The Morgan fingerprint density at radius 3 is 1.45 bits per heavy atom. The van der Waals surface area contributed by atoms with Crippen LogP contribution in [0.4, 0.5) is 17.1 Å². The molecule has 0 amide bonds. The number of para-hydroxylation sites is 3. The van der Waals surface area contributed by atoms with Crippen molar-refractivity contribution in [2.24, 2.45) is 0 Å². The maximum atomic E-state index is 4.75. The van der Waals surface area contributed by atoms with Crippen LogP contribution >= 0.6 is 0 Å². The zero-order valence-electron chi connectivity index (χ0n) is 28.8. The van der Waals surface area contributed by atoms with Gasteiger partial charge in [0.2, 0.25) is 0 Å². The van der Waals surface area contributed by atoms with Crippen molar-refractivity contribution in [1.82, 2.24) is 19.3 Å². The largest absolute Gasteiger partial charge is 0.310 e. The SMILES string of the molecule is c1ccc(-c2nnc(-c3ccc(N(c4ccc(-n5c6ccccc6c6ccccc65)cc4)c4cccc5ccccc45)cc3)n2-c2ccccc2)cc1. The van der Waals surface area contributed by atoms with Gasteiger partial charge < -0.3 is 9.47 Å². The quantitative estimate of drug-likeness (QED) is 0.168. The number of rotatable bonds is 7. The number of nitrogens with zero attached hydrogens (tertiary/aromatic N) is 5. The lowest BCUT2D eigenvalue weighted by molar-refractivity contribution is 1.07. The van der Waals surface area contributed by atoms with Crippen LogP contribution in [0.5, 0.6) is 0 Å². The highest BCUT2D eigenvalue weighted by Gasteiger charge is 2.20. The monoisotopic (exact) mass is 679 g/mol. The zero-order chi connectivity index (χ0) is 35.1. The first-order valence-electron chi connectivity index (χ1n) is 17.8. The Morgan fingerprint density at radius 2 is 0.811 bits per heavy atom. The summed E-state index contributed by atoms with van der Waals surface area (Å²) in [6.07, 6.45) is 0. The summed E-state index contributed by atoms with van der Waals surface area (Å²) < 4.78 is 4.50. The van der Waals surface area contributed by atoms with Gasteiger partial charge in [0, 0.05) is 50.0 Å². The molecule has 0 aliphatic rings. The summed E-state index contributed by atoms with van der Waals surface area (Å²) >= 11 is 0. The molecule has 5 nitrogen and oxygen atoms in total. The van der Waals surface area contributed by atoms with Crippen LogP contribution in [-0.4, -0.2) is 19.3 Å². The number of benzene rings is 8. The van der Waals surface area contributed by atoms with Crippen LogP contribution in [0.2, 0.25) is 0 Å². The van der Waals surface area contributed by atoms with Gasteiger partial charge in [0.25, 0.3) is 0 Å². The van der Waals surface area contributed by atoms with Gasteiger partial charge in [-0.1, -0.05) is 121 Å². The second-order valence-corrected chi connectivity index (χ2v) is 13.2. The van der Waals surface area contributed by atoms with Crippen LogP contribution in [-0.2, 0) is 0 Å². The molecule has 8 aromatic carbocycles. The zero-order valence-corrected chi connectivity index (χ0v) is 28.8. The Hall–Kier alpha value is -7.24. The molecule has 2 heterocycles. The van der Waals surface area contributed by atoms with Crippen molar-refractivity contribution in [1.29, 1.82) is 0 Å². The Balaban J connectivity index is 1.10. The number of hydrogen-bond acceptors (Lipinski definition) is 3. The van der Waals surface area contributed by atoms with E-state index < -0.39 is 0 Å². The predicted molar refractivity (Wildman–Crippen MR) is 219 cm³/mol. The first kappa shape index (κ1) is 30.6. The maximum Gasteiger partial charge on any atom is 0.168 e. The van der Waals surface area contributed by atoms with Crippen LogP contribution in [0.3, 0.4) is 0 Å². The molecule has 0 aliphatic carbocycles. The summed E-state index contributed by atoms with van der Waals surface area (Å²) in [4.78, 5) is 2.35. The third-order valence-electron chi connectivity index (χ3n) is 10.0. The average molecular weight is 680 g/mol. The van der Waals surface area contributed by atoms with Crippen molar-refractivity contribution >= 4 is 49.6 Å². The second kappa shape index (κ2) is 12.8. The van der Waals surface area contributed by atoms with Crippen LogP contribution in [0.25, 0.3) is 66.7 Å². The van der Waals surface area contributed by atoms with E-state index in [-0.39, 0.29) is 0 Å². The molecule has 0 N–H and O–H groups in total. The van der Waals surface area contributed by atoms with Gasteiger partial charge >= 0.3 is 0 Å². The van der Waals surface area contributed by atoms with Gasteiger partial charge in [-0.25, -0.2) is 0 Å². The molecule has 10 rings (SSSR count). The molecule has 0 radical (unpaired) electrons. The fraction of sp³-hybridized carbons (Fsp3) is 0. The molecule has 5 heteroatoms. The van der Waals surface area contributed by atoms with E-state index in [1.165, 1.54) is 32.6 Å². The molecule has 0 saturated heterocycles. The van der Waals surface area contributed by atoms with Crippen LogP contribution in [0.1, 0.15) is 0 Å². The Bertz CT molecular complexity index is 2810. The van der Waals surface area contributed by atoms with E-state index in [1.807, 2.05) is 36.4 Å². The smallest absolute Gasteiger partial charge is 0.168 e. The van der Waals surface area contributed by atoms with E-state index in [2.05, 4.69) is 178 Å². The Kier molecular flexibility index (Phi) is 7.40. The Morgan fingerprint density at radius 1 is 0.340 bits per heavy atom. The van der Waals surface area contributed by atoms with Gasteiger partial charge in [-0.3, -0.25) is 4.57 Å². The van der Waals surface area contributed by atoms with Crippen molar-refractivity contribution in [3.8, 4) is 34.2 Å². The van der Waals surface area contributed by atoms with E-state index >= 15 is 0 Å². The molecule has 0 aliphatic heterocycles. The summed E-state index contributed by atoms with van der Waals surface area (Å²) in [6, 6.07) is 70.5. The van der Waals surface area contributed by atoms with E-state index in [4.69, 9.17) is 10.2 Å². The molecule has 0 fully saturated rings. The molecule has 0 saturated carbocycles. The van der Waals surface area contributed by atoms with Crippen LogP contribution in [0, 0.1) is 0 Å². The highest BCUT2D eigenvalue weighted by atomic mass is 15.3. The molecule has 0 unspecified atom stereocenters. The van der Waals surface area contributed by atoms with Crippen molar-refractivity contribution in [3.63, 3.8) is 0 Å². The fourth-order valence-corrected chi connectivity index (χ4v) is 7.61. The van der Waals surface area contributed by atoms with Gasteiger partial charge in [0.15, 0.2) is 11.6 Å². The average Bonchev–Trinajstić information content (AvgIpc) is 3.83. The highest BCUT2D eigenvalue weighted by Crippen LogP contribution is 2.41. The van der Waals surface area contributed by atoms with E-state index in [0.29, 0.717) is 0 Å². The maximum absolute atomic E-state index is 4.75. The molecule has 0 spiro atoms. The second-order valence-electron chi connectivity index (χ2n) is 13.2. The minimum atomic E-state index is 0.786. The lowest BCUT2D eigenvalue weighted by Crippen LogP contribution is -2.10. The number of fused-ring (bicyclic) bond motifs is 4.